The van der Waals surface area contributed by atoms with Crippen molar-refractivity contribution in [3.05, 3.63) is 205 Å². The number of fused-ring (bicyclic) bond motifs is 1. The molecule has 0 atom stereocenters. The van der Waals surface area contributed by atoms with E-state index in [0.717, 1.165) is 28.1 Å². The molecule has 0 radical (unpaired) electrons. The summed E-state index contributed by atoms with van der Waals surface area (Å²) < 4.78 is 2.32. The van der Waals surface area contributed by atoms with E-state index in [1.807, 2.05) is 6.08 Å². The van der Waals surface area contributed by atoms with Crippen LogP contribution >= 0.6 is 0 Å². The van der Waals surface area contributed by atoms with Gasteiger partial charge in [-0.25, -0.2) is 0 Å². The lowest BCUT2D eigenvalue weighted by Crippen LogP contribution is -2.27. The molecule has 7 aromatic carbocycles. The number of aromatic nitrogens is 1. The number of nitrogens with zero attached hydrogens (tertiary/aromatic N) is 2. The molecule has 0 aliphatic heterocycles. The van der Waals surface area contributed by atoms with Crippen LogP contribution in [0.3, 0.4) is 0 Å². The average Bonchev–Trinajstić information content (AvgIpc) is 3.52. The van der Waals surface area contributed by atoms with E-state index >= 15 is 0 Å². The topological polar surface area (TPSA) is 8.17 Å². The van der Waals surface area contributed by atoms with Gasteiger partial charge in [0, 0.05) is 33.4 Å². The van der Waals surface area contributed by atoms with Crippen LogP contribution in [0.1, 0.15) is 6.92 Å². The maximum atomic E-state index is 3.99. The SMILES string of the molecule is C=C/C=c1\c(=C/C)c2ccccc2n1-c1ccc(-c2ccc(N(c3ccc(-c4ccccc4)cc3)c3ccc(-c4ccccc4)cc3)cc2)cc1. The van der Waals surface area contributed by atoms with Crippen LogP contribution in [0.2, 0.25) is 0 Å². The summed E-state index contributed by atoms with van der Waals surface area (Å²) in [4.78, 5) is 2.33. The van der Waals surface area contributed by atoms with Crippen molar-refractivity contribution >= 4 is 40.1 Å². The van der Waals surface area contributed by atoms with Gasteiger partial charge in [0.1, 0.15) is 0 Å². The van der Waals surface area contributed by atoms with Gasteiger partial charge in [0.05, 0.1) is 10.9 Å². The van der Waals surface area contributed by atoms with E-state index in [0.29, 0.717) is 0 Å². The van der Waals surface area contributed by atoms with Gasteiger partial charge in [-0.05, 0) is 101 Å². The Morgan fingerprint density at radius 1 is 0.451 bits per heavy atom. The number of para-hydroxylation sites is 1. The summed E-state index contributed by atoms with van der Waals surface area (Å²) in [6.45, 7) is 6.09. The van der Waals surface area contributed by atoms with Crippen LogP contribution in [0, 0.1) is 0 Å². The second kappa shape index (κ2) is 14.1. The molecular formula is C49H38N2. The fourth-order valence-corrected chi connectivity index (χ4v) is 7.06. The first-order chi connectivity index (χ1) is 25.2. The summed E-state index contributed by atoms with van der Waals surface area (Å²) in [6.07, 6.45) is 6.15. The van der Waals surface area contributed by atoms with Crippen molar-refractivity contribution in [1.82, 2.24) is 4.57 Å². The molecule has 0 unspecified atom stereocenters. The third kappa shape index (κ3) is 6.20. The molecule has 0 fully saturated rings. The lowest BCUT2D eigenvalue weighted by Gasteiger charge is -2.26. The maximum absolute atomic E-state index is 3.99. The Morgan fingerprint density at radius 3 is 1.27 bits per heavy atom. The highest BCUT2D eigenvalue weighted by atomic mass is 15.1. The zero-order valence-corrected chi connectivity index (χ0v) is 28.7. The van der Waals surface area contributed by atoms with E-state index in [4.69, 9.17) is 0 Å². The summed E-state index contributed by atoms with van der Waals surface area (Å²) >= 11 is 0. The zero-order valence-electron chi connectivity index (χ0n) is 28.7. The van der Waals surface area contributed by atoms with Crippen molar-refractivity contribution in [1.29, 1.82) is 0 Å². The second-order valence-electron chi connectivity index (χ2n) is 12.6. The van der Waals surface area contributed by atoms with Crippen molar-refractivity contribution in [2.24, 2.45) is 0 Å². The van der Waals surface area contributed by atoms with Crippen molar-refractivity contribution in [2.45, 2.75) is 6.92 Å². The number of hydrogen-bond acceptors (Lipinski definition) is 1. The van der Waals surface area contributed by atoms with Gasteiger partial charge in [-0.2, -0.15) is 0 Å². The molecule has 0 bridgehead atoms. The standard InChI is InChI=1S/C49H38N2/c1-3-13-48-46(4-2)47-18-11-12-19-49(47)51(48)45-34-26-41(27-35-45)40-24-32-44(33-25-40)50(42-28-20-38(21-29-42)36-14-7-5-8-15-36)43-30-22-39(23-31-43)37-16-9-6-10-17-37/h3-35H,1H2,2H3/b46-4-,48-13+. The number of hydrogen-bond donors (Lipinski definition) is 0. The summed E-state index contributed by atoms with van der Waals surface area (Å²) in [5.74, 6) is 0. The molecule has 1 heterocycles. The lowest BCUT2D eigenvalue weighted by molar-refractivity contribution is 1.07. The number of allylic oxidation sites excluding steroid dienone is 1. The summed E-state index contributed by atoms with van der Waals surface area (Å²) in [5, 5.41) is 3.60. The molecule has 0 aliphatic carbocycles. The minimum atomic E-state index is 1.10. The van der Waals surface area contributed by atoms with Crippen LogP contribution in [-0.2, 0) is 0 Å². The molecule has 2 heteroatoms. The number of rotatable bonds is 8. The molecule has 8 aromatic rings. The molecule has 0 amide bonds. The van der Waals surface area contributed by atoms with E-state index in [-0.39, 0.29) is 0 Å². The van der Waals surface area contributed by atoms with Gasteiger partial charge in [-0.1, -0.05) is 146 Å². The van der Waals surface area contributed by atoms with Crippen LogP contribution < -0.4 is 15.5 Å². The molecule has 0 aliphatic rings. The van der Waals surface area contributed by atoms with Gasteiger partial charge in [0.25, 0.3) is 0 Å². The molecule has 244 valence electrons. The van der Waals surface area contributed by atoms with E-state index in [1.165, 1.54) is 49.5 Å². The van der Waals surface area contributed by atoms with Crippen LogP contribution in [-0.4, -0.2) is 4.57 Å². The molecular weight excluding hydrogens is 617 g/mol. The largest absolute Gasteiger partial charge is 0.311 e. The fourth-order valence-electron chi connectivity index (χ4n) is 7.06. The first kappa shape index (κ1) is 31.6. The predicted octanol–water partition coefficient (Wildman–Crippen LogP) is 11.9. The Morgan fingerprint density at radius 2 is 0.843 bits per heavy atom. The second-order valence-corrected chi connectivity index (χ2v) is 12.6. The zero-order chi connectivity index (χ0) is 34.6. The van der Waals surface area contributed by atoms with Gasteiger partial charge >= 0.3 is 0 Å². The van der Waals surface area contributed by atoms with Crippen molar-refractivity contribution in [2.75, 3.05) is 4.90 Å². The van der Waals surface area contributed by atoms with E-state index in [1.54, 1.807) is 0 Å². The molecule has 2 nitrogen and oxygen atoms in total. The lowest BCUT2D eigenvalue weighted by atomic mass is 10.0. The highest BCUT2D eigenvalue weighted by Crippen LogP contribution is 2.37. The molecule has 0 spiro atoms. The Kier molecular flexibility index (Phi) is 8.72. The number of anilines is 3. The predicted molar refractivity (Wildman–Crippen MR) is 218 cm³/mol. The maximum Gasteiger partial charge on any atom is 0.0540 e. The molecule has 0 saturated carbocycles. The highest BCUT2D eigenvalue weighted by Gasteiger charge is 2.14. The minimum Gasteiger partial charge on any atom is -0.311 e. The fraction of sp³-hybridized carbons (Fsp3) is 0.0204. The molecule has 8 rings (SSSR count). The summed E-state index contributed by atoms with van der Waals surface area (Å²) in [7, 11) is 0. The normalized spacial score (nSPS) is 11.9. The summed E-state index contributed by atoms with van der Waals surface area (Å²) in [5.41, 5.74) is 12.8. The third-order valence-corrected chi connectivity index (χ3v) is 9.57. The average molecular weight is 655 g/mol. The summed E-state index contributed by atoms with van der Waals surface area (Å²) in [6, 6.07) is 65.1. The Balaban J connectivity index is 1.14. The Labute approximate surface area is 299 Å². The highest BCUT2D eigenvalue weighted by molar-refractivity contribution is 5.85. The van der Waals surface area contributed by atoms with E-state index in [9.17, 15) is 0 Å². The minimum absolute atomic E-state index is 1.10. The van der Waals surface area contributed by atoms with Crippen molar-refractivity contribution < 1.29 is 0 Å². The first-order valence-electron chi connectivity index (χ1n) is 17.4. The van der Waals surface area contributed by atoms with Crippen molar-refractivity contribution in [3.8, 4) is 39.1 Å². The van der Waals surface area contributed by atoms with Crippen LogP contribution in [0.25, 0.3) is 62.1 Å². The molecule has 0 N–H and O–H groups in total. The Hall–Kier alpha value is -6.64. The smallest absolute Gasteiger partial charge is 0.0540 e. The van der Waals surface area contributed by atoms with Gasteiger partial charge in [-0.15, -0.1) is 0 Å². The monoisotopic (exact) mass is 654 g/mol. The number of benzene rings is 7. The van der Waals surface area contributed by atoms with Crippen LogP contribution in [0.4, 0.5) is 17.1 Å². The molecule has 1 aromatic heterocycles. The quantitative estimate of drug-likeness (QED) is 0.158. The van der Waals surface area contributed by atoms with Gasteiger partial charge in [0.2, 0.25) is 0 Å². The molecule has 51 heavy (non-hydrogen) atoms. The van der Waals surface area contributed by atoms with E-state index < -0.39 is 0 Å². The van der Waals surface area contributed by atoms with Gasteiger partial charge in [-0.3, -0.25) is 0 Å². The van der Waals surface area contributed by atoms with Gasteiger partial charge in [0.15, 0.2) is 0 Å². The van der Waals surface area contributed by atoms with Crippen molar-refractivity contribution in [3.63, 3.8) is 0 Å². The van der Waals surface area contributed by atoms with Crippen LogP contribution in [0.5, 0.6) is 0 Å². The Bertz CT molecular complexity index is 2460. The first-order valence-corrected chi connectivity index (χ1v) is 17.4. The van der Waals surface area contributed by atoms with Gasteiger partial charge < -0.3 is 9.47 Å². The third-order valence-electron chi connectivity index (χ3n) is 9.57. The molecule has 0 saturated heterocycles. The van der Waals surface area contributed by atoms with Crippen LogP contribution in [0.15, 0.2) is 195 Å². The van der Waals surface area contributed by atoms with E-state index in [2.05, 4.69) is 217 Å².